The Morgan fingerprint density at radius 3 is 2.28 bits per heavy atom. The smallest absolute Gasteiger partial charge is 0.272 e. The molecule has 0 spiro atoms. The van der Waals surface area contributed by atoms with E-state index in [0.29, 0.717) is 46.5 Å². The van der Waals surface area contributed by atoms with Gasteiger partial charge in [0.25, 0.3) is 5.92 Å². The van der Waals surface area contributed by atoms with Gasteiger partial charge in [0.05, 0.1) is 49.9 Å². The fourth-order valence-electron chi connectivity index (χ4n) is 3.70. The molecule has 2 aromatic heterocycles. The van der Waals surface area contributed by atoms with Gasteiger partial charge in [0.15, 0.2) is 0 Å². The van der Waals surface area contributed by atoms with Gasteiger partial charge in [-0.2, -0.15) is 5.10 Å². The van der Waals surface area contributed by atoms with Gasteiger partial charge in [-0.1, -0.05) is 0 Å². The van der Waals surface area contributed by atoms with Crippen LogP contribution in [0.2, 0.25) is 0 Å². The lowest BCUT2D eigenvalue weighted by molar-refractivity contribution is -0.0878. The molecule has 10 heteroatoms. The average Bonchev–Trinajstić information content (AvgIpc) is 3.36. The molecule has 0 saturated carbocycles. The Labute approximate surface area is 208 Å². The van der Waals surface area contributed by atoms with Gasteiger partial charge in [0, 0.05) is 54.3 Å². The van der Waals surface area contributed by atoms with E-state index < -0.39 is 12.0 Å². The Bertz CT molecular complexity index is 1330. The Morgan fingerprint density at radius 2 is 1.69 bits per heavy atom. The van der Waals surface area contributed by atoms with Crippen molar-refractivity contribution in [2.75, 3.05) is 25.7 Å². The molecule has 0 bridgehead atoms. The Kier molecular flexibility index (Phi) is 7.07. The fourth-order valence-corrected chi connectivity index (χ4v) is 3.70. The molecular weight excluding hydrogens is 468 g/mol. The third kappa shape index (κ3) is 5.38. The van der Waals surface area contributed by atoms with Crippen molar-refractivity contribution in [1.82, 2.24) is 19.7 Å². The first-order valence-corrected chi connectivity index (χ1v) is 11.5. The van der Waals surface area contributed by atoms with Crippen LogP contribution in [0, 0.1) is 0 Å². The molecule has 0 radical (unpaired) electrons. The van der Waals surface area contributed by atoms with E-state index in [1.54, 1.807) is 53.7 Å². The molecule has 0 aliphatic heterocycles. The van der Waals surface area contributed by atoms with Crippen LogP contribution in [-0.2, 0) is 0 Å². The number of nitrogens with zero attached hydrogens (tertiary/aromatic N) is 5. The lowest BCUT2D eigenvalue weighted by Crippen LogP contribution is -2.40. The summed E-state index contributed by atoms with van der Waals surface area (Å²) in [6.07, 6.45) is 3.38. The number of ether oxygens (including phenoxy) is 2. The van der Waals surface area contributed by atoms with E-state index in [-0.39, 0.29) is 12.6 Å². The van der Waals surface area contributed by atoms with Gasteiger partial charge in [0.1, 0.15) is 17.6 Å². The van der Waals surface area contributed by atoms with Gasteiger partial charge in [-0.3, -0.25) is 9.67 Å². The number of alkyl halides is 2. The monoisotopic (exact) mass is 497 g/mol. The van der Waals surface area contributed by atoms with E-state index in [4.69, 9.17) is 14.5 Å². The van der Waals surface area contributed by atoms with Crippen molar-refractivity contribution < 1.29 is 23.4 Å². The van der Waals surface area contributed by atoms with E-state index in [1.165, 1.54) is 14.2 Å². The highest BCUT2D eigenvalue weighted by atomic mass is 19.3. The molecule has 1 N–H and O–H groups in total. The molecule has 190 valence electrons. The predicted octanol–water partition coefficient (Wildman–Crippen LogP) is 5.25. The third-order valence-corrected chi connectivity index (χ3v) is 5.85. The maximum Gasteiger partial charge on any atom is 0.272 e. The van der Waals surface area contributed by atoms with E-state index in [0.717, 1.165) is 5.56 Å². The predicted molar refractivity (Wildman–Crippen MR) is 134 cm³/mol. The van der Waals surface area contributed by atoms with Crippen LogP contribution in [0.3, 0.4) is 0 Å². The van der Waals surface area contributed by atoms with Gasteiger partial charge < -0.3 is 19.5 Å². The van der Waals surface area contributed by atoms with Crippen LogP contribution in [-0.4, -0.2) is 57.6 Å². The molecule has 0 aliphatic carbocycles. The minimum absolute atomic E-state index is 0.204. The number of hydrogen-bond acceptors (Lipinski definition) is 7. The second kappa shape index (κ2) is 10.1. The van der Waals surface area contributed by atoms with Crippen molar-refractivity contribution in [1.29, 1.82) is 0 Å². The Hall–Kier alpha value is -3.79. The van der Waals surface area contributed by atoms with Crippen LogP contribution in [0.25, 0.3) is 22.3 Å². The summed E-state index contributed by atoms with van der Waals surface area (Å²) in [6.45, 7) is 4.38. The topological polar surface area (TPSA) is 85.5 Å². The van der Waals surface area contributed by atoms with E-state index in [1.807, 2.05) is 24.7 Å². The molecule has 8 nitrogen and oxygen atoms in total. The highest BCUT2D eigenvalue weighted by Gasteiger charge is 2.34. The molecular formula is C26H29F2N5O3. The Balaban J connectivity index is 1.80. The second-order valence-corrected chi connectivity index (χ2v) is 8.88. The summed E-state index contributed by atoms with van der Waals surface area (Å²) in [4.78, 5) is 10.8. The SMILES string of the molecule is COc1cc(OC)cc(N(C[C@H](O)C(C)(F)F)c2ccc3ncc(-c4cnn(C(C)C)c4)nc3c2)c1. The number of benzene rings is 2. The number of methoxy groups -OCH3 is 2. The second-order valence-electron chi connectivity index (χ2n) is 8.88. The minimum atomic E-state index is -3.30. The minimum Gasteiger partial charge on any atom is -0.497 e. The van der Waals surface area contributed by atoms with Gasteiger partial charge in [-0.05, 0) is 32.0 Å². The molecule has 36 heavy (non-hydrogen) atoms. The van der Waals surface area contributed by atoms with Crippen molar-refractivity contribution in [2.45, 2.75) is 38.8 Å². The zero-order valence-corrected chi connectivity index (χ0v) is 20.8. The lowest BCUT2D eigenvalue weighted by atomic mass is 10.1. The van der Waals surface area contributed by atoms with Crippen molar-refractivity contribution >= 4 is 22.4 Å². The van der Waals surface area contributed by atoms with Crippen LogP contribution in [0.4, 0.5) is 20.2 Å². The molecule has 0 unspecified atom stereocenters. The van der Waals surface area contributed by atoms with Gasteiger partial charge >= 0.3 is 0 Å². The van der Waals surface area contributed by atoms with Gasteiger partial charge in [-0.25, -0.2) is 13.8 Å². The van der Waals surface area contributed by atoms with Crippen LogP contribution in [0.15, 0.2) is 55.0 Å². The number of rotatable bonds is 9. The fraction of sp³-hybridized carbons (Fsp3) is 0.346. The zero-order chi connectivity index (χ0) is 26.0. The number of hydrogen-bond donors (Lipinski definition) is 1. The summed E-state index contributed by atoms with van der Waals surface area (Å²) in [5, 5.41) is 14.7. The van der Waals surface area contributed by atoms with Crippen molar-refractivity contribution in [3.63, 3.8) is 0 Å². The molecule has 4 aromatic rings. The maximum absolute atomic E-state index is 14.0. The maximum atomic E-state index is 14.0. The molecule has 0 amide bonds. The quantitative estimate of drug-likeness (QED) is 0.338. The summed E-state index contributed by atoms with van der Waals surface area (Å²) in [7, 11) is 3.01. The number of halogens is 2. The largest absolute Gasteiger partial charge is 0.497 e. The number of anilines is 2. The number of fused-ring (bicyclic) bond motifs is 1. The lowest BCUT2D eigenvalue weighted by Gasteiger charge is -2.30. The number of aromatic nitrogens is 4. The summed E-state index contributed by atoms with van der Waals surface area (Å²) < 4.78 is 40.5. The highest BCUT2D eigenvalue weighted by molar-refractivity contribution is 5.82. The van der Waals surface area contributed by atoms with Crippen LogP contribution < -0.4 is 14.4 Å². The first-order chi connectivity index (χ1) is 17.1. The number of aliphatic hydroxyl groups is 1. The summed E-state index contributed by atoms with van der Waals surface area (Å²) >= 11 is 0. The van der Waals surface area contributed by atoms with Gasteiger partial charge in [-0.15, -0.1) is 0 Å². The van der Waals surface area contributed by atoms with E-state index in [2.05, 4.69) is 10.1 Å². The van der Waals surface area contributed by atoms with E-state index in [9.17, 15) is 13.9 Å². The molecule has 2 heterocycles. The van der Waals surface area contributed by atoms with Crippen molar-refractivity contribution in [3.05, 3.63) is 55.0 Å². The Morgan fingerprint density at radius 1 is 1.00 bits per heavy atom. The normalized spacial score (nSPS) is 12.7. The van der Waals surface area contributed by atoms with Crippen molar-refractivity contribution in [2.24, 2.45) is 0 Å². The standard InChI is InChI=1S/C26H29F2N5O3/c1-16(2)33-14-17(12-30-33)24-13-29-22-7-6-18(10-23(22)31-24)32(15-25(34)26(3,27)28)19-8-20(35-4)11-21(9-19)36-5/h6-14,16,25,34H,15H2,1-5H3/t25-/m0/s1. The molecule has 0 saturated heterocycles. The van der Waals surface area contributed by atoms with Crippen LogP contribution in [0.5, 0.6) is 11.5 Å². The number of aliphatic hydroxyl groups excluding tert-OH is 1. The average molecular weight is 498 g/mol. The summed E-state index contributed by atoms with van der Waals surface area (Å²) in [6, 6.07) is 10.5. The first kappa shape index (κ1) is 25.3. The molecule has 2 aromatic carbocycles. The van der Waals surface area contributed by atoms with Crippen molar-refractivity contribution in [3.8, 4) is 22.8 Å². The highest BCUT2D eigenvalue weighted by Crippen LogP contribution is 2.35. The molecule has 1 atom stereocenters. The van der Waals surface area contributed by atoms with Gasteiger partial charge in [0.2, 0.25) is 0 Å². The summed E-state index contributed by atoms with van der Waals surface area (Å²) in [5.74, 6) is -2.34. The van der Waals surface area contributed by atoms with Crippen LogP contribution >= 0.6 is 0 Å². The van der Waals surface area contributed by atoms with E-state index >= 15 is 0 Å². The first-order valence-electron chi connectivity index (χ1n) is 11.5. The third-order valence-electron chi connectivity index (χ3n) is 5.85. The summed E-state index contributed by atoms with van der Waals surface area (Å²) in [5.41, 5.74) is 3.73. The zero-order valence-electron chi connectivity index (χ0n) is 20.8. The molecule has 4 rings (SSSR count). The molecule has 0 fully saturated rings. The van der Waals surface area contributed by atoms with Crippen LogP contribution in [0.1, 0.15) is 26.8 Å². The molecule has 0 aliphatic rings.